The minimum atomic E-state index is -0.225. The Labute approximate surface area is 115 Å². The van der Waals surface area contributed by atoms with E-state index in [9.17, 15) is 9.59 Å². The molecule has 1 aliphatic rings. The van der Waals surface area contributed by atoms with E-state index in [0.29, 0.717) is 11.7 Å². The van der Waals surface area contributed by atoms with Crippen molar-refractivity contribution < 1.29 is 4.79 Å². The molecule has 2 rings (SSSR count). The maximum atomic E-state index is 12.3. The average Bonchev–Trinajstić information content (AvgIpc) is 2.83. The van der Waals surface area contributed by atoms with Crippen molar-refractivity contribution >= 4 is 21.8 Å². The molecule has 0 aliphatic carbocycles. The van der Waals surface area contributed by atoms with Crippen LogP contribution in [0.15, 0.2) is 23.0 Å². The summed E-state index contributed by atoms with van der Waals surface area (Å²) in [6.45, 7) is 0.794. The Balaban J connectivity index is 2.10. The predicted octanol–water partition coefficient (Wildman–Crippen LogP) is 2.15. The lowest BCUT2D eigenvalue weighted by molar-refractivity contribution is 0.0724. The molecule has 1 N–H and O–H groups in total. The molecule has 1 aromatic rings. The first-order valence-electron chi connectivity index (χ1n) is 6.28. The number of carbonyl (C=O) groups excluding carboxylic acids is 1. The number of hydrogen-bond acceptors (Lipinski definition) is 2. The zero-order valence-electron chi connectivity index (χ0n) is 10.2. The van der Waals surface area contributed by atoms with Crippen LogP contribution < -0.4 is 5.56 Å². The highest BCUT2D eigenvalue weighted by atomic mass is 79.9. The number of likely N-dealkylation sites (tertiary alicyclic amines) is 1. The SMILES string of the molecule is O=C(c1cccc(=O)[nH]1)N1CCCC1CCCBr. The number of hydrogen-bond donors (Lipinski definition) is 1. The van der Waals surface area contributed by atoms with Gasteiger partial charge in [-0.25, -0.2) is 0 Å². The Morgan fingerprint density at radius 3 is 3.06 bits per heavy atom. The highest BCUT2D eigenvalue weighted by molar-refractivity contribution is 9.09. The molecule has 0 bridgehead atoms. The molecule has 0 aromatic carbocycles. The van der Waals surface area contributed by atoms with Gasteiger partial charge in [0.25, 0.3) is 5.91 Å². The number of nitrogens with zero attached hydrogens (tertiary/aromatic N) is 1. The van der Waals surface area contributed by atoms with Gasteiger partial charge in [-0.2, -0.15) is 0 Å². The van der Waals surface area contributed by atoms with Gasteiger partial charge in [-0.15, -0.1) is 0 Å². The number of aromatic nitrogens is 1. The molecule has 1 unspecified atom stereocenters. The van der Waals surface area contributed by atoms with Gasteiger partial charge >= 0.3 is 0 Å². The van der Waals surface area contributed by atoms with Gasteiger partial charge in [0.15, 0.2) is 0 Å². The summed E-state index contributed by atoms with van der Waals surface area (Å²) in [6, 6.07) is 5.03. The van der Waals surface area contributed by atoms with Crippen molar-refractivity contribution in [3.05, 3.63) is 34.2 Å². The Morgan fingerprint density at radius 2 is 2.33 bits per heavy atom. The van der Waals surface area contributed by atoms with E-state index in [2.05, 4.69) is 20.9 Å². The predicted molar refractivity (Wildman–Crippen MR) is 74.1 cm³/mol. The summed E-state index contributed by atoms with van der Waals surface area (Å²) in [5, 5.41) is 0.966. The van der Waals surface area contributed by atoms with E-state index >= 15 is 0 Å². The van der Waals surface area contributed by atoms with E-state index in [1.54, 1.807) is 12.1 Å². The van der Waals surface area contributed by atoms with Crippen molar-refractivity contribution in [1.29, 1.82) is 0 Å². The van der Waals surface area contributed by atoms with Crippen molar-refractivity contribution in [3.63, 3.8) is 0 Å². The van der Waals surface area contributed by atoms with E-state index < -0.39 is 0 Å². The van der Waals surface area contributed by atoms with Gasteiger partial charge in [-0.05, 0) is 31.7 Å². The lowest BCUT2D eigenvalue weighted by Gasteiger charge is -2.24. The zero-order chi connectivity index (χ0) is 13.0. The van der Waals surface area contributed by atoms with Crippen LogP contribution in [0.2, 0.25) is 0 Å². The number of H-pyrrole nitrogens is 1. The first kappa shape index (κ1) is 13.3. The van der Waals surface area contributed by atoms with Crippen LogP contribution >= 0.6 is 15.9 Å². The number of halogens is 1. The number of aromatic amines is 1. The van der Waals surface area contributed by atoms with Crippen molar-refractivity contribution in [2.75, 3.05) is 11.9 Å². The van der Waals surface area contributed by atoms with E-state index in [-0.39, 0.29) is 11.5 Å². The summed E-state index contributed by atoms with van der Waals surface area (Å²) in [4.78, 5) is 28.0. The first-order chi connectivity index (χ1) is 8.72. The number of nitrogens with one attached hydrogen (secondary N) is 1. The van der Waals surface area contributed by atoms with Crippen LogP contribution in [0.4, 0.5) is 0 Å². The standard InChI is InChI=1S/C13H17BrN2O2/c14-8-2-4-10-5-3-9-16(10)13(18)11-6-1-7-12(17)15-11/h1,6-7,10H,2-5,8-9H2,(H,15,17). The van der Waals surface area contributed by atoms with E-state index in [1.165, 1.54) is 6.07 Å². The molecule has 4 nitrogen and oxygen atoms in total. The second-order valence-electron chi connectivity index (χ2n) is 4.55. The highest BCUT2D eigenvalue weighted by Crippen LogP contribution is 2.23. The van der Waals surface area contributed by atoms with Crippen LogP contribution in [0.1, 0.15) is 36.2 Å². The van der Waals surface area contributed by atoms with Gasteiger partial charge in [0, 0.05) is 24.0 Å². The molecule has 2 heterocycles. The second kappa shape index (κ2) is 6.18. The molecule has 1 amide bonds. The molecule has 1 aliphatic heterocycles. The molecule has 0 saturated carbocycles. The molecular weight excluding hydrogens is 296 g/mol. The monoisotopic (exact) mass is 312 g/mol. The molecular formula is C13H17BrN2O2. The van der Waals surface area contributed by atoms with E-state index in [1.807, 2.05) is 4.90 Å². The van der Waals surface area contributed by atoms with E-state index in [4.69, 9.17) is 0 Å². The van der Waals surface area contributed by atoms with Gasteiger partial charge < -0.3 is 9.88 Å². The fraction of sp³-hybridized carbons (Fsp3) is 0.538. The quantitative estimate of drug-likeness (QED) is 0.866. The Kier molecular flexibility index (Phi) is 4.58. The second-order valence-corrected chi connectivity index (χ2v) is 5.35. The zero-order valence-corrected chi connectivity index (χ0v) is 11.8. The maximum absolute atomic E-state index is 12.3. The molecule has 5 heteroatoms. The summed E-state index contributed by atoms with van der Waals surface area (Å²) < 4.78 is 0. The van der Waals surface area contributed by atoms with Gasteiger partial charge in [-0.3, -0.25) is 9.59 Å². The maximum Gasteiger partial charge on any atom is 0.270 e. The summed E-state index contributed by atoms with van der Waals surface area (Å²) in [5.74, 6) is -0.0511. The fourth-order valence-corrected chi connectivity index (χ4v) is 2.77. The third kappa shape index (κ3) is 3.02. The summed E-state index contributed by atoms with van der Waals surface area (Å²) >= 11 is 3.42. The third-order valence-corrected chi connectivity index (χ3v) is 3.87. The van der Waals surface area contributed by atoms with Gasteiger partial charge in [-0.1, -0.05) is 22.0 Å². The number of pyridine rings is 1. The smallest absolute Gasteiger partial charge is 0.270 e. The lowest BCUT2D eigenvalue weighted by atomic mass is 10.1. The van der Waals surface area contributed by atoms with Crippen LogP contribution in [-0.4, -0.2) is 33.7 Å². The largest absolute Gasteiger partial charge is 0.334 e. The fourth-order valence-electron chi connectivity index (χ4n) is 2.44. The number of amides is 1. The van der Waals surface area contributed by atoms with Crippen LogP contribution in [0.3, 0.4) is 0 Å². The number of carbonyl (C=O) groups is 1. The minimum absolute atomic E-state index is 0.0511. The van der Waals surface area contributed by atoms with Crippen LogP contribution in [-0.2, 0) is 0 Å². The Hall–Kier alpha value is -1.10. The molecule has 1 aromatic heterocycles. The number of alkyl halides is 1. The van der Waals surface area contributed by atoms with Crippen LogP contribution in [0.5, 0.6) is 0 Å². The lowest BCUT2D eigenvalue weighted by Crippen LogP contribution is -2.36. The average molecular weight is 313 g/mol. The van der Waals surface area contributed by atoms with Crippen molar-refractivity contribution in [3.8, 4) is 0 Å². The Morgan fingerprint density at radius 1 is 1.50 bits per heavy atom. The topological polar surface area (TPSA) is 53.2 Å². The van der Waals surface area contributed by atoms with Gasteiger partial charge in [0.2, 0.25) is 5.56 Å². The molecule has 18 heavy (non-hydrogen) atoms. The molecule has 1 fully saturated rings. The van der Waals surface area contributed by atoms with Gasteiger partial charge in [0.05, 0.1) is 0 Å². The first-order valence-corrected chi connectivity index (χ1v) is 7.41. The van der Waals surface area contributed by atoms with Crippen molar-refractivity contribution in [1.82, 2.24) is 9.88 Å². The normalized spacial score (nSPS) is 19.2. The summed E-state index contributed by atoms with van der Waals surface area (Å²) in [6.07, 6.45) is 4.21. The van der Waals surface area contributed by atoms with Crippen LogP contribution in [0, 0.1) is 0 Å². The van der Waals surface area contributed by atoms with Crippen molar-refractivity contribution in [2.24, 2.45) is 0 Å². The third-order valence-electron chi connectivity index (χ3n) is 3.31. The molecule has 0 spiro atoms. The minimum Gasteiger partial charge on any atom is -0.334 e. The van der Waals surface area contributed by atoms with E-state index in [0.717, 1.165) is 37.6 Å². The highest BCUT2D eigenvalue weighted by Gasteiger charge is 2.29. The summed E-state index contributed by atoms with van der Waals surface area (Å²) in [5.41, 5.74) is 0.172. The van der Waals surface area contributed by atoms with Crippen molar-refractivity contribution in [2.45, 2.75) is 31.7 Å². The summed E-state index contributed by atoms with van der Waals surface area (Å²) in [7, 11) is 0. The molecule has 98 valence electrons. The van der Waals surface area contributed by atoms with Gasteiger partial charge in [0.1, 0.15) is 5.69 Å². The molecule has 0 radical (unpaired) electrons. The molecule has 1 saturated heterocycles. The molecule has 1 atom stereocenters. The van der Waals surface area contributed by atoms with Crippen LogP contribution in [0.25, 0.3) is 0 Å². The number of rotatable bonds is 4. The Bertz CT molecular complexity index is 472.